The highest BCUT2D eigenvalue weighted by Gasteiger charge is 2.28. The molecule has 6 heteroatoms. The van der Waals surface area contributed by atoms with Crippen LogP contribution < -0.4 is 0 Å². The number of carbonyl (C=O) groups excluding carboxylic acids is 1. The van der Waals surface area contributed by atoms with Crippen molar-refractivity contribution in [2.45, 2.75) is 38.8 Å². The van der Waals surface area contributed by atoms with Crippen LogP contribution in [0.1, 0.15) is 31.7 Å². The van der Waals surface area contributed by atoms with E-state index in [2.05, 4.69) is 4.90 Å². The largest absolute Gasteiger partial charge is 0.300 e. The maximum absolute atomic E-state index is 11.3. The van der Waals surface area contributed by atoms with E-state index in [9.17, 15) is 14.9 Å². The van der Waals surface area contributed by atoms with Gasteiger partial charge < -0.3 is 0 Å². The molecule has 1 aliphatic heterocycles. The van der Waals surface area contributed by atoms with Gasteiger partial charge in [0.25, 0.3) is 5.69 Å². The molecule has 1 aliphatic rings. The van der Waals surface area contributed by atoms with Crippen molar-refractivity contribution in [2.24, 2.45) is 0 Å². The summed E-state index contributed by atoms with van der Waals surface area (Å²) in [7, 11) is 0. The van der Waals surface area contributed by atoms with Crippen LogP contribution in [0.4, 0.5) is 5.69 Å². The van der Waals surface area contributed by atoms with Gasteiger partial charge in [0, 0.05) is 25.1 Å². The summed E-state index contributed by atoms with van der Waals surface area (Å²) in [5.74, 6) is 0.149. The Kier molecular flexibility index (Phi) is 4.73. The molecule has 0 N–H and O–H groups in total. The number of nitrogens with zero attached hydrogens (tertiary/aromatic N) is 2. The number of likely N-dealkylation sites (tertiary alicyclic amines) is 1. The zero-order valence-electron chi connectivity index (χ0n) is 11.3. The second kappa shape index (κ2) is 6.33. The molecule has 0 aliphatic carbocycles. The fourth-order valence-corrected chi connectivity index (χ4v) is 2.97. The fraction of sp³-hybridized carbons (Fsp3) is 0.500. The average Bonchev–Trinajstić information content (AvgIpc) is 2.78. The third kappa shape index (κ3) is 3.35. The highest BCUT2D eigenvalue weighted by atomic mass is 35.5. The molecule has 0 radical (unpaired) electrons. The molecule has 5 nitrogen and oxygen atoms in total. The predicted octanol–water partition coefficient (Wildman–Crippen LogP) is 3.19. The Morgan fingerprint density at radius 1 is 1.55 bits per heavy atom. The standard InChI is InChI=1S/C14H17ClN2O3/c1-10(18)8-11-4-3-7-16(11)9-12-13(15)5-2-6-14(12)17(19)20/h2,5-6,11H,3-4,7-9H2,1H3. The van der Waals surface area contributed by atoms with Crippen LogP contribution in [-0.2, 0) is 11.3 Å². The number of rotatable bonds is 5. The summed E-state index contributed by atoms with van der Waals surface area (Å²) < 4.78 is 0. The minimum absolute atomic E-state index is 0.0472. The smallest absolute Gasteiger partial charge is 0.275 e. The fourth-order valence-electron chi connectivity index (χ4n) is 2.74. The molecule has 1 saturated heterocycles. The highest BCUT2D eigenvalue weighted by molar-refractivity contribution is 6.31. The summed E-state index contributed by atoms with van der Waals surface area (Å²) in [6.45, 7) is 2.85. The maximum atomic E-state index is 11.3. The van der Waals surface area contributed by atoms with E-state index in [0.29, 0.717) is 23.6 Å². The number of hydrogen-bond acceptors (Lipinski definition) is 4. The van der Waals surface area contributed by atoms with Gasteiger partial charge in [0.2, 0.25) is 0 Å². The van der Waals surface area contributed by atoms with Gasteiger partial charge in [-0.3, -0.25) is 19.8 Å². The minimum Gasteiger partial charge on any atom is -0.300 e. The van der Waals surface area contributed by atoms with Gasteiger partial charge in [-0.25, -0.2) is 0 Å². The second-order valence-electron chi connectivity index (χ2n) is 5.17. The van der Waals surface area contributed by atoms with Crippen LogP contribution in [0.3, 0.4) is 0 Å². The summed E-state index contributed by atoms with van der Waals surface area (Å²) in [6, 6.07) is 4.89. The molecule has 1 heterocycles. The molecular formula is C14H17ClN2O3. The number of nitro groups is 1. The highest BCUT2D eigenvalue weighted by Crippen LogP contribution is 2.31. The van der Waals surface area contributed by atoms with Crippen LogP contribution in [0.5, 0.6) is 0 Å². The number of halogens is 1. The Morgan fingerprint density at radius 2 is 2.30 bits per heavy atom. The van der Waals surface area contributed by atoms with Crippen LogP contribution in [0.2, 0.25) is 5.02 Å². The van der Waals surface area contributed by atoms with Crippen molar-refractivity contribution in [3.63, 3.8) is 0 Å². The van der Waals surface area contributed by atoms with Crippen molar-refractivity contribution in [2.75, 3.05) is 6.54 Å². The number of carbonyl (C=O) groups is 1. The molecule has 108 valence electrons. The first kappa shape index (κ1) is 14.9. The molecule has 1 aromatic rings. The van der Waals surface area contributed by atoms with Gasteiger partial charge in [0.15, 0.2) is 0 Å². The van der Waals surface area contributed by atoms with Crippen molar-refractivity contribution in [3.05, 3.63) is 38.9 Å². The lowest BCUT2D eigenvalue weighted by molar-refractivity contribution is -0.385. The van der Waals surface area contributed by atoms with Gasteiger partial charge in [-0.2, -0.15) is 0 Å². The lowest BCUT2D eigenvalue weighted by Gasteiger charge is -2.23. The van der Waals surface area contributed by atoms with E-state index in [-0.39, 0.29) is 17.5 Å². The summed E-state index contributed by atoms with van der Waals surface area (Å²) in [5.41, 5.74) is 0.584. The van der Waals surface area contributed by atoms with E-state index in [1.165, 1.54) is 6.07 Å². The zero-order chi connectivity index (χ0) is 14.7. The molecule has 1 aromatic carbocycles. The van der Waals surface area contributed by atoms with Crippen molar-refractivity contribution in [3.8, 4) is 0 Å². The molecule has 1 atom stereocenters. The van der Waals surface area contributed by atoms with E-state index < -0.39 is 4.92 Å². The van der Waals surface area contributed by atoms with Crippen LogP contribution in [0.15, 0.2) is 18.2 Å². The second-order valence-corrected chi connectivity index (χ2v) is 5.57. The quantitative estimate of drug-likeness (QED) is 0.618. The Labute approximate surface area is 122 Å². The van der Waals surface area contributed by atoms with Crippen molar-refractivity contribution in [1.29, 1.82) is 0 Å². The Hall–Kier alpha value is -1.46. The monoisotopic (exact) mass is 296 g/mol. The number of benzene rings is 1. The van der Waals surface area contributed by atoms with Crippen LogP contribution in [-0.4, -0.2) is 28.2 Å². The molecule has 0 spiro atoms. The summed E-state index contributed by atoms with van der Waals surface area (Å²) in [4.78, 5) is 24.1. The number of hydrogen-bond donors (Lipinski definition) is 0. The Balaban J connectivity index is 2.21. The molecule has 0 aromatic heterocycles. The average molecular weight is 297 g/mol. The molecule has 20 heavy (non-hydrogen) atoms. The lowest BCUT2D eigenvalue weighted by atomic mass is 10.1. The summed E-state index contributed by atoms with van der Waals surface area (Å²) in [5, 5.41) is 11.5. The van der Waals surface area contributed by atoms with Crippen molar-refractivity contribution < 1.29 is 9.72 Å². The zero-order valence-corrected chi connectivity index (χ0v) is 12.1. The van der Waals surface area contributed by atoms with Gasteiger partial charge in [-0.15, -0.1) is 0 Å². The topological polar surface area (TPSA) is 63.5 Å². The van der Waals surface area contributed by atoms with Gasteiger partial charge in [-0.05, 0) is 32.4 Å². The first-order chi connectivity index (χ1) is 9.49. The van der Waals surface area contributed by atoms with Gasteiger partial charge >= 0.3 is 0 Å². The molecule has 1 unspecified atom stereocenters. The van der Waals surface area contributed by atoms with Gasteiger partial charge in [-0.1, -0.05) is 17.7 Å². The number of ketones is 1. The number of nitro benzene ring substituents is 1. The molecule has 1 fully saturated rings. The van der Waals surface area contributed by atoms with Crippen LogP contribution >= 0.6 is 11.6 Å². The van der Waals surface area contributed by atoms with E-state index in [0.717, 1.165) is 19.4 Å². The minimum atomic E-state index is -0.405. The van der Waals surface area contributed by atoms with E-state index >= 15 is 0 Å². The van der Waals surface area contributed by atoms with E-state index in [4.69, 9.17) is 11.6 Å². The molecule has 0 amide bonds. The molecule has 0 bridgehead atoms. The van der Waals surface area contributed by atoms with Crippen LogP contribution in [0, 0.1) is 10.1 Å². The first-order valence-electron chi connectivity index (χ1n) is 6.64. The first-order valence-corrected chi connectivity index (χ1v) is 7.02. The maximum Gasteiger partial charge on any atom is 0.275 e. The van der Waals surface area contributed by atoms with Gasteiger partial charge in [0.05, 0.1) is 15.5 Å². The predicted molar refractivity (Wildman–Crippen MR) is 76.8 cm³/mol. The molecule has 2 rings (SSSR count). The normalized spacial score (nSPS) is 19.2. The molecule has 0 saturated carbocycles. The lowest BCUT2D eigenvalue weighted by Crippen LogP contribution is -2.30. The Morgan fingerprint density at radius 3 is 2.95 bits per heavy atom. The molecular weight excluding hydrogens is 280 g/mol. The Bertz CT molecular complexity index is 533. The van der Waals surface area contributed by atoms with Crippen molar-refractivity contribution >= 4 is 23.1 Å². The number of Topliss-reactive ketones (excluding diaryl/α,β-unsaturated/α-hetero) is 1. The van der Waals surface area contributed by atoms with E-state index in [1.54, 1.807) is 19.1 Å². The SMILES string of the molecule is CC(=O)CC1CCCN1Cc1c(Cl)cccc1[N+](=O)[O-]. The van der Waals surface area contributed by atoms with Crippen molar-refractivity contribution in [1.82, 2.24) is 4.90 Å². The van der Waals surface area contributed by atoms with Gasteiger partial charge in [0.1, 0.15) is 5.78 Å². The third-order valence-corrected chi connectivity index (χ3v) is 4.03. The third-order valence-electron chi connectivity index (χ3n) is 3.67. The van der Waals surface area contributed by atoms with E-state index in [1.807, 2.05) is 0 Å². The summed E-state index contributed by atoms with van der Waals surface area (Å²) >= 11 is 6.11. The van der Waals surface area contributed by atoms with Crippen LogP contribution in [0.25, 0.3) is 0 Å². The summed E-state index contributed by atoms with van der Waals surface area (Å²) in [6.07, 6.45) is 2.46.